The van der Waals surface area contributed by atoms with Crippen LogP contribution in [0.3, 0.4) is 0 Å². The Balaban J connectivity index is 1.45. The van der Waals surface area contributed by atoms with Gasteiger partial charge in [0.05, 0.1) is 17.6 Å². The second-order valence-electron chi connectivity index (χ2n) is 7.91. The Morgan fingerprint density at radius 3 is 2.81 bits per heavy atom. The van der Waals surface area contributed by atoms with Crippen LogP contribution in [0.4, 0.5) is 14.9 Å². The van der Waals surface area contributed by atoms with Gasteiger partial charge in [0.1, 0.15) is 5.52 Å². The topological polar surface area (TPSA) is 87.4 Å². The number of halogens is 1. The number of carbonyl (C=O) groups is 1. The highest BCUT2D eigenvalue weighted by Gasteiger charge is 2.27. The smallest absolute Gasteiger partial charge is 0.407 e. The molecule has 3 aromatic heterocycles. The van der Waals surface area contributed by atoms with Crippen LogP contribution in [0.25, 0.3) is 33.2 Å². The summed E-state index contributed by atoms with van der Waals surface area (Å²) < 4.78 is 16.1. The van der Waals surface area contributed by atoms with E-state index in [0.717, 1.165) is 16.5 Å². The van der Waals surface area contributed by atoms with Crippen LogP contribution in [-0.2, 0) is 7.05 Å². The van der Waals surface area contributed by atoms with E-state index < -0.39 is 6.09 Å². The molecular formula is C22H21FN6O2. The number of pyridine rings is 2. The average Bonchev–Trinajstić information content (AvgIpc) is 3.13. The third kappa shape index (κ3) is 3.41. The minimum atomic E-state index is -0.888. The molecule has 31 heavy (non-hydrogen) atoms. The number of nitrogens with zero attached hydrogens (tertiary/aromatic N) is 6. The monoisotopic (exact) mass is 420 g/mol. The maximum atomic E-state index is 14.5. The number of anilines is 1. The molecule has 0 aliphatic carbocycles. The van der Waals surface area contributed by atoms with Gasteiger partial charge in [-0.25, -0.2) is 19.2 Å². The van der Waals surface area contributed by atoms with E-state index in [-0.39, 0.29) is 11.9 Å². The fourth-order valence-electron chi connectivity index (χ4n) is 4.17. The van der Waals surface area contributed by atoms with Gasteiger partial charge >= 0.3 is 6.09 Å². The maximum Gasteiger partial charge on any atom is 0.407 e. The molecule has 0 radical (unpaired) electrons. The number of hydrogen-bond donors (Lipinski definition) is 1. The molecule has 9 heteroatoms. The van der Waals surface area contributed by atoms with Crippen molar-refractivity contribution in [2.24, 2.45) is 7.05 Å². The predicted octanol–water partition coefficient (Wildman–Crippen LogP) is 3.51. The van der Waals surface area contributed by atoms with Gasteiger partial charge < -0.3 is 14.9 Å². The van der Waals surface area contributed by atoms with Gasteiger partial charge in [-0.1, -0.05) is 0 Å². The van der Waals surface area contributed by atoms with Crippen molar-refractivity contribution in [3.8, 4) is 11.3 Å². The molecule has 0 spiro atoms. The Morgan fingerprint density at radius 2 is 2.03 bits per heavy atom. The Bertz CT molecular complexity index is 1320. The number of piperazine rings is 1. The van der Waals surface area contributed by atoms with E-state index in [0.29, 0.717) is 42.1 Å². The largest absolute Gasteiger partial charge is 0.465 e. The summed E-state index contributed by atoms with van der Waals surface area (Å²) in [5, 5.41) is 15.0. The van der Waals surface area contributed by atoms with Crippen molar-refractivity contribution in [1.29, 1.82) is 0 Å². The van der Waals surface area contributed by atoms with Gasteiger partial charge in [-0.3, -0.25) is 4.68 Å². The fraction of sp³-hybridized carbons (Fsp3) is 0.273. The minimum Gasteiger partial charge on any atom is -0.465 e. The second-order valence-corrected chi connectivity index (χ2v) is 7.91. The van der Waals surface area contributed by atoms with Crippen LogP contribution in [0.1, 0.15) is 6.92 Å². The summed E-state index contributed by atoms with van der Waals surface area (Å²) in [5.41, 5.74) is 3.16. The molecule has 1 aromatic carbocycles. The van der Waals surface area contributed by atoms with Crippen LogP contribution in [0.5, 0.6) is 0 Å². The summed E-state index contributed by atoms with van der Waals surface area (Å²) in [7, 11) is 1.76. The van der Waals surface area contributed by atoms with Gasteiger partial charge in [0.15, 0.2) is 11.5 Å². The third-order valence-electron chi connectivity index (χ3n) is 5.74. The molecule has 1 atom stereocenters. The Kier molecular flexibility index (Phi) is 4.46. The van der Waals surface area contributed by atoms with E-state index >= 15 is 0 Å². The highest BCUT2D eigenvalue weighted by atomic mass is 19.1. The molecule has 0 bridgehead atoms. The Hall–Kier alpha value is -3.75. The number of aryl methyl sites for hydroxylation is 1. The molecule has 8 nitrogen and oxygen atoms in total. The summed E-state index contributed by atoms with van der Waals surface area (Å²) >= 11 is 0. The first kappa shape index (κ1) is 19.2. The van der Waals surface area contributed by atoms with Crippen LogP contribution >= 0.6 is 0 Å². The van der Waals surface area contributed by atoms with Crippen molar-refractivity contribution >= 4 is 33.7 Å². The maximum absolute atomic E-state index is 14.5. The first-order valence-corrected chi connectivity index (χ1v) is 10.0. The van der Waals surface area contributed by atoms with Crippen molar-refractivity contribution in [3.63, 3.8) is 0 Å². The molecule has 158 valence electrons. The van der Waals surface area contributed by atoms with Crippen molar-refractivity contribution in [3.05, 3.63) is 48.5 Å². The normalized spacial score (nSPS) is 16.9. The lowest BCUT2D eigenvalue weighted by Crippen LogP contribution is -2.53. The van der Waals surface area contributed by atoms with Gasteiger partial charge in [0.2, 0.25) is 0 Å². The Morgan fingerprint density at radius 1 is 1.19 bits per heavy atom. The number of benzene rings is 1. The van der Waals surface area contributed by atoms with E-state index in [4.69, 9.17) is 0 Å². The number of amides is 1. The fourth-order valence-corrected chi connectivity index (χ4v) is 4.17. The van der Waals surface area contributed by atoms with Crippen LogP contribution in [-0.4, -0.2) is 61.5 Å². The van der Waals surface area contributed by atoms with Crippen molar-refractivity contribution < 1.29 is 14.3 Å². The molecule has 1 N–H and O–H groups in total. The van der Waals surface area contributed by atoms with Gasteiger partial charge in [-0.05, 0) is 37.3 Å². The highest BCUT2D eigenvalue weighted by molar-refractivity contribution is 5.86. The predicted molar refractivity (Wildman–Crippen MR) is 116 cm³/mol. The van der Waals surface area contributed by atoms with E-state index in [1.807, 2.05) is 31.2 Å². The van der Waals surface area contributed by atoms with Gasteiger partial charge in [0.25, 0.3) is 0 Å². The van der Waals surface area contributed by atoms with Gasteiger partial charge in [0, 0.05) is 55.3 Å². The average molecular weight is 420 g/mol. The number of hydrogen-bond acceptors (Lipinski definition) is 5. The van der Waals surface area contributed by atoms with Crippen molar-refractivity contribution in [2.75, 3.05) is 24.5 Å². The van der Waals surface area contributed by atoms with E-state index in [1.165, 1.54) is 11.0 Å². The zero-order valence-electron chi connectivity index (χ0n) is 17.2. The molecule has 4 aromatic rings. The number of carboxylic acid groups (broad SMARTS) is 1. The molecule has 0 saturated carbocycles. The lowest BCUT2D eigenvalue weighted by molar-refractivity contribution is 0.122. The van der Waals surface area contributed by atoms with Gasteiger partial charge in [-0.2, -0.15) is 5.10 Å². The zero-order valence-corrected chi connectivity index (χ0v) is 17.2. The molecule has 1 aliphatic heterocycles. The molecule has 4 heterocycles. The van der Waals surface area contributed by atoms with Crippen molar-refractivity contribution in [1.82, 2.24) is 24.6 Å². The van der Waals surface area contributed by atoms with E-state index in [9.17, 15) is 14.3 Å². The first-order valence-electron chi connectivity index (χ1n) is 10.0. The summed E-state index contributed by atoms with van der Waals surface area (Å²) in [6.45, 7) is 3.57. The molecule has 1 fully saturated rings. The van der Waals surface area contributed by atoms with Crippen LogP contribution < -0.4 is 4.90 Å². The summed E-state index contributed by atoms with van der Waals surface area (Å²) in [6.07, 6.45) is 2.65. The highest BCUT2D eigenvalue weighted by Crippen LogP contribution is 2.28. The van der Waals surface area contributed by atoms with Crippen LogP contribution in [0.2, 0.25) is 0 Å². The summed E-state index contributed by atoms with van der Waals surface area (Å²) in [4.78, 5) is 24.0. The SMILES string of the molecule is C[C@H]1CN(c2cnc3nc(-c4cc(F)c5nn(C)cc5c4)ccc3c2)CCN1C(=O)O. The zero-order chi connectivity index (χ0) is 21.7. The van der Waals surface area contributed by atoms with E-state index in [1.54, 1.807) is 24.1 Å². The molecule has 0 unspecified atom stereocenters. The standard InChI is InChI=1S/C22H21FN6O2/c1-13-11-28(5-6-29(13)22(30)31)17-8-14-3-4-19(25-21(14)24-10-17)15-7-16-12-27(2)26-20(16)18(23)9-15/h3-4,7-10,12-13H,5-6,11H2,1-2H3,(H,30,31)/t13-/m0/s1. The lowest BCUT2D eigenvalue weighted by Gasteiger charge is -2.39. The van der Waals surface area contributed by atoms with Crippen molar-refractivity contribution in [2.45, 2.75) is 13.0 Å². The van der Waals surface area contributed by atoms with Crippen LogP contribution in [0, 0.1) is 5.82 Å². The quantitative estimate of drug-likeness (QED) is 0.534. The summed E-state index contributed by atoms with van der Waals surface area (Å²) in [6, 6.07) is 9.01. The van der Waals surface area contributed by atoms with E-state index in [2.05, 4.69) is 20.0 Å². The second kappa shape index (κ2) is 7.19. The molecule has 1 saturated heterocycles. The number of fused-ring (bicyclic) bond motifs is 2. The molecule has 1 aliphatic rings. The Labute approximate surface area is 177 Å². The number of rotatable bonds is 2. The minimum absolute atomic E-state index is 0.0975. The summed E-state index contributed by atoms with van der Waals surface area (Å²) in [5.74, 6) is -0.382. The molecule has 5 rings (SSSR count). The third-order valence-corrected chi connectivity index (χ3v) is 5.74. The number of aromatic nitrogens is 4. The lowest BCUT2D eigenvalue weighted by atomic mass is 10.1. The molecule has 1 amide bonds. The molecular weight excluding hydrogens is 399 g/mol. The first-order chi connectivity index (χ1) is 14.9. The van der Waals surface area contributed by atoms with Crippen LogP contribution in [0.15, 0.2) is 42.7 Å². The van der Waals surface area contributed by atoms with Gasteiger partial charge in [-0.15, -0.1) is 0 Å².